The van der Waals surface area contributed by atoms with E-state index >= 15 is 0 Å². The van der Waals surface area contributed by atoms with E-state index in [0.29, 0.717) is 35.5 Å². The van der Waals surface area contributed by atoms with Gasteiger partial charge in [-0.3, -0.25) is 19.8 Å². The van der Waals surface area contributed by atoms with E-state index in [1.54, 1.807) is 25.1 Å². The maximum Gasteiger partial charge on any atom is 0.271 e. The Kier molecular flexibility index (Phi) is 6.48. The van der Waals surface area contributed by atoms with Gasteiger partial charge in [-0.1, -0.05) is 35.0 Å². The molecule has 1 aliphatic heterocycles. The number of nitrogens with one attached hydrogen (secondary N) is 1. The second-order valence-electron chi connectivity index (χ2n) is 7.84. The smallest absolute Gasteiger partial charge is 0.271 e. The molecule has 1 saturated heterocycles. The number of hydrogen-bond donors (Lipinski definition) is 1. The first kappa shape index (κ1) is 21.9. The Balaban J connectivity index is 1.39. The summed E-state index contributed by atoms with van der Waals surface area (Å²) in [6.07, 6.45) is 1.59. The third-order valence-electron chi connectivity index (χ3n) is 5.48. The molecule has 1 N–H and O–H groups in total. The summed E-state index contributed by atoms with van der Waals surface area (Å²) >= 11 is 6.03. The number of piperidine rings is 1. The number of nitrogens with zero attached hydrogens (tertiary/aromatic N) is 4. The van der Waals surface area contributed by atoms with Crippen molar-refractivity contribution in [2.45, 2.75) is 26.3 Å². The van der Waals surface area contributed by atoms with Crippen LogP contribution in [0, 0.1) is 23.0 Å². The molecule has 1 aliphatic rings. The van der Waals surface area contributed by atoms with Gasteiger partial charge in [0.05, 0.1) is 23.1 Å². The van der Waals surface area contributed by atoms with E-state index in [2.05, 4.69) is 20.4 Å². The predicted molar refractivity (Wildman–Crippen MR) is 119 cm³/mol. The molecule has 3 aromatic rings. The molecule has 1 unspecified atom stereocenters. The first-order chi connectivity index (χ1) is 15.4. The fourth-order valence-electron chi connectivity index (χ4n) is 3.76. The first-order valence-corrected chi connectivity index (χ1v) is 10.6. The van der Waals surface area contributed by atoms with E-state index in [1.807, 2.05) is 12.1 Å². The van der Waals surface area contributed by atoms with E-state index in [1.165, 1.54) is 12.1 Å². The van der Waals surface area contributed by atoms with E-state index in [4.69, 9.17) is 16.1 Å². The van der Waals surface area contributed by atoms with E-state index < -0.39 is 4.92 Å². The van der Waals surface area contributed by atoms with Crippen LogP contribution >= 0.6 is 11.6 Å². The molecule has 0 radical (unpaired) electrons. The highest BCUT2D eigenvalue weighted by atomic mass is 35.5. The molecule has 9 nitrogen and oxygen atoms in total. The summed E-state index contributed by atoms with van der Waals surface area (Å²) < 4.78 is 5.39. The van der Waals surface area contributed by atoms with Gasteiger partial charge < -0.3 is 9.84 Å². The van der Waals surface area contributed by atoms with Crippen LogP contribution in [0.3, 0.4) is 0 Å². The largest absolute Gasteiger partial charge is 0.338 e. The summed E-state index contributed by atoms with van der Waals surface area (Å²) in [5, 5.41) is 18.5. The van der Waals surface area contributed by atoms with Crippen molar-refractivity contribution < 1.29 is 14.2 Å². The zero-order chi connectivity index (χ0) is 22.7. The molecule has 2 heterocycles. The van der Waals surface area contributed by atoms with Crippen molar-refractivity contribution in [1.82, 2.24) is 15.0 Å². The molecule has 0 bridgehead atoms. The number of halogens is 1. The van der Waals surface area contributed by atoms with Gasteiger partial charge in [-0.05, 0) is 44.0 Å². The standard InChI is InChI=1S/C22H22ClN5O4/c1-14-7-8-18(28(30)31)11-19(14)24-22(29)16-5-3-9-27(12-16)13-20-25-21(26-32-20)15-4-2-6-17(23)10-15/h2,4,6-8,10-11,16H,3,5,9,12-13H2,1H3,(H,24,29). The highest BCUT2D eigenvalue weighted by Crippen LogP contribution is 2.25. The molecule has 2 aromatic carbocycles. The van der Waals surface area contributed by atoms with Crippen LogP contribution in [0.5, 0.6) is 0 Å². The maximum atomic E-state index is 12.8. The van der Waals surface area contributed by atoms with Crippen LogP contribution in [-0.2, 0) is 11.3 Å². The summed E-state index contributed by atoms with van der Waals surface area (Å²) in [4.78, 5) is 30.0. The molecule has 1 fully saturated rings. The lowest BCUT2D eigenvalue weighted by atomic mass is 9.97. The number of amides is 1. The van der Waals surface area contributed by atoms with Gasteiger partial charge in [-0.2, -0.15) is 4.98 Å². The molecule has 1 aromatic heterocycles. The number of carbonyl (C=O) groups excluding carboxylic acids is 1. The Morgan fingerprint density at radius 2 is 2.19 bits per heavy atom. The van der Waals surface area contributed by atoms with Gasteiger partial charge in [0, 0.05) is 29.3 Å². The topological polar surface area (TPSA) is 114 Å². The third-order valence-corrected chi connectivity index (χ3v) is 5.71. The summed E-state index contributed by atoms with van der Waals surface area (Å²) in [6.45, 7) is 3.59. The van der Waals surface area contributed by atoms with Crippen LogP contribution in [0.15, 0.2) is 47.0 Å². The fraction of sp³-hybridized carbons (Fsp3) is 0.318. The van der Waals surface area contributed by atoms with Gasteiger partial charge in [0.1, 0.15) is 0 Å². The number of nitro benzene ring substituents is 1. The number of aromatic nitrogens is 2. The molecule has 0 saturated carbocycles. The van der Waals surface area contributed by atoms with Crippen molar-refractivity contribution >= 4 is 28.9 Å². The zero-order valence-corrected chi connectivity index (χ0v) is 18.2. The minimum atomic E-state index is -0.473. The molecular weight excluding hydrogens is 434 g/mol. The van der Waals surface area contributed by atoms with Crippen molar-refractivity contribution in [3.63, 3.8) is 0 Å². The lowest BCUT2D eigenvalue weighted by Gasteiger charge is -2.31. The second kappa shape index (κ2) is 9.46. The monoisotopic (exact) mass is 455 g/mol. The minimum absolute atomic E-state index is 0.0527. The normalized spacial score (nSPS) is 16.6. The summed E-state index contributed by atoms with van der Waals surface area (Å²) in [5.74, 6) is 0.548. The fourth-order valence-corrected chi connectivity index (χ4v) is 3.95. The van der Waals surface area contributed by atoms with Crippen molar-refractivity contribution in [3.8, 4) is 11.4 Å². The number of rotatable bonds is 6. The SMILES string of the molecule is Cc1ccc([N+](=O)[O-])cc1NC(=O)C1CCCN(Cc2nc(-c3cccc(Cl)c3)no2)C1. The number of likely N-dealkylation sites (tertiary alicyclic amines) is 1. The van der Waals surface area contributed by atoms with Gasteiger partial charge in [-0.25, -0.2) is 0 Å². The Labute approximate surface area is 189 Å². The van der Waals surface area contributed by atoms with Crippen LogP contribution in [0.1, 0.15) is 24.3 Å². The van der Waals surface area contributed by atoms with Crippen molar-refractivity contribution in [1.29, 1.82) is 0 Å². The van der Waals surface area contributed by atoms with Crippen molar-refractivity contribution in [2.75, 3.05) is 18.4 Å². The zero-order valence-electron chi connectivity index (χ0n) is 17.5. The highest BCUT2D eigenvalue weighted by molar-refractivity contribution is 6.30. The van der Waals surface area contributed by atoms with Crippen LogP contribution in [0.2, 0.25) is 5.02 Å². The number of nitro groups is 1. The third kappa shape index (κ3) is 5.12. The van der Waals surface area contributed by atoms with Crippen molar-refractivity contribution in [3.05, 3.63) is 69.1 Å². The Bertz CT molecular complexity index is 1150. The predicted octanol–water partition coefficient (Wildman–Crippen LogP) is 4.46. The summed E-state index contributed by atoms with van der Waals surface area (Å²) in [5.41, 5.74) is 1.96. The average molecular weight is 456 g/mol. The Morgan fingerprint density at radius 1 is 1.34 bits per heavy atom. The number of benzene rings is 2. The molecule has 1 amide bonds. The van der Waals surface area contributed by atoms with Gasteiger partial charge in [0.25, 0.3) is 5.69 Å². The number of non-ortho nitro benzene ring substituents is 1. The van der Waals surface area contributed by atoms with Crippen LogP contribution in [-0.4, -0.2) is 39.0 Å². The van der Waals surface area contributed by atoms with E-state index in [-0.39, 0.29) is 17.5 Å². The second-order valence-corrected chi connectivity index (χ2v) is 8.28. The highest BCUT2D eigenvalue weighted by Gasteiger charge is 2.27. The quantitative estimate of drug-likeness (QED) is 0.431. The Morgan fingerprint density at radius 3 is 2.97 bits per heavy atom. The molecule has 1 atom stereocenters. The average Bonchev–Trinajstić information content (AvgIpc) is 3.24. The number of hydrogen-bond acceptors (Lipinski definition) is 7. The molecule has 0 spiro atoms. The molecule has 32 heavy (non-hydrogen) atoms. The maximum absolute atomic E-state index is 12.8. The first-order valence-electron chi connectivity index (χ1n) is 10.3. The number of anilines is 1. The molecular formula is C22H22ClN5O4. The van der Waals surface area contributed by atoms with Crippen LogP contribution in [0.25, 0.3) is 11.4 Å². The Hall–Kier alpha value is -3.30. The van der Waals surface area contributed by atoms with Crippen LogP contribution < -0.4 is 5.32 Å². The summed E-state index contributed by atoms with van der Waals surface area (Å²) in [7, 11) is 0. The van der Waals surface area contributed by atoms with E-state index in [9.17, 15) is 14.9 Å². The molecule has 0 aliphatic carbocycles. The molecule has 166 valence electrons. The minimum Gasteiger partial charge on any atom is -0.338 e. The van der Waals surface area contributed by atoms with Gasteiger partial charge >= 0.3 is 0 Å². The summed E-state index contributed by atoms with van der Waals surface area (Å²) in [6, 6.07) is 11.7. The van der Waals surface area contributed by atoms with E-state index in [0.717, 1.165) is 30.5 Å². The molecule has 10 heteroatoms. The van der Waals surface area contributed by atoms with Crippen molar-refractivity contribution in [2.24, 2.45) is 5.92 Å². The number of carbonyl (C=O) groups is 1. The van der Waals surface area contributed by atoms with Gasteiger partial charge in [-0.15, -0.1) is 0 Å². The van der Waals surface area contributed by atoms with Crippen LogP contribution in [0.4, 0.5) is 11.4 Å². The lowest BCUT2D eigenvalue weighted by molar-refractivity contribution is -0.384. The van der Waals surface area contributed by atoms with Gasteiger partial charge in [0.15, 0.2) is 0 Å². The number of aryl methyl sites for hydroxylation is 1. The lowest BCUT2D eigenvalue weighted by Crippen LogP contribution is -2.40. The molecule has 4 rings (SSSR count). The van der Waals surface area contributed by atoms with Gasteiger partial charge in [0.2, 0.25) is 17.6 Å².